The summed E-state index contributed by atoms with van der Waals surface area (Å²) in [5.74, 6) is 2.66. The molecule has 0 spiro atoms. The number of fused-ring (bicyclic) bond motifs is 1. The van der Waals surface area contributed by atoms with Crippen LogP contribution in [0.4, 0.5) is 11.5 Å². The Hall–Kier alpha value is -1.63. The first-order chi connectivity index (χ1) is 16.9. The van der Waals surface area contributed by atoms with Crippen molar-refractivity contribution in [2.45, 2.75) is 25.8 Å². The second-order valence-corrected chi connectivity index (χ2v) is 11.3. The van der Waals surface area contributed by atoms with Gasteiger partial charge in [-0.1, -0.05) is 46.9 Å². The van der Waals surface area contributed by atoms with E-state index in [1.165, 1.54) is 24.0 Å². The smallest absolute Gasteiger partial charge is 0.109 e. The lowest BCUT2D eigenvalue weighted by atomic mass is 9.80. The predicted molar refractivity (Wildman–Crippen MR) is 148 cm³/mol. The molecular weight excluding hydrogens is 503 g/mol. The summed E-state index contributed by atoms with van der Waals surface area (Å²) >= 11 is 19.3. The Bertz CT molecular complexity index is 1200. The van der Waals surface area contributed by atoms with Crippen LogP contribution in [0.5, 0.6) is 0 Å². The van der Waals surface area contributed by atoms with Gasteiger partial charge in [0.15, 0.2) is 0 Å². The lowest BCUT2D eigenvalue weighted by Crippen LogP contribution is -2.54. The molecule has 2 atom stereocenters. The van der Waals surface area contributed by atoms with Crippen molar-refractivity contribution in [2.24, 2.45) is 18.9 Å². The van der Waals surface area contributed by atoms with Crippen LogP contribution in [-0.2, 0) is 7.05 Å². The fourth-order valence-corrected chi connectivity index (χ4v) is 6.60. The summed E-state index contributed by atoms with van der Waals surface area (Å²) < 4.78 is 2.26. The molecule has 5 rings (SSSR count). The Balaban J connectivity index is 1.35. The number of likely N-dealkylation sites (tertiary alicyclic amines) is 1. The van der Waals surface area contributed by atoms with Crippen molar-refractivity contribution in [3.63, 3.8) is 0 Å². The number of aliphatic hydroxyl groups is 1. The minimum atomic E-state index is -0.0391. The average molecular weight is 536 g/mol. The van der Waals surface area contributed by atoms with Crippen LogP contribution in [0.15, 0.2) is 36.4 Å². The van der Waals surface area contributed by atoms with Crippen LogP contribution in [0.1, 0.15) is 31.4 Å². The fraction of sp³-hybridized carbons (Fsp3) is 0.481. The first-order valence-corrected chi connectivity index (χ1v) is 13.6. The minimum Gasteiger partial charge on any atom is -0.395 e. The molecule has 2 N–H and O–H groups in total. The Morgan fingerprint density at radius 3 is 2.57 bits per heavy atom. The summed E-state index contributed by atoms with van der Waals surface area (Å²) in [6.45, 7) is 7.52. The topological polar surface area (TPSA) is 43.7 Å². The normalized spacial score (nSPS) is 20.3. The van der Waals surface area contributed by atoms with E-state index in [1.54, 1.807) is 6.07 Å². The molecule has 0 amide bonds. The van der Waals surface area contributed by atoms with Crippen LogP contribution in [0.25, 0.3) is 10.9 Å². The van der Waals surface area contributed by atoms with Gasteiger partial charge in [0, 0.05) is 48.7 Å². The standard InChI is InChI=1S/C27H33Cl3N4O/c1-17(22-7-6-21(28)13-24(22)30)31-26-23(29)8-5-18-12-25(32(2)27(18)26)34-15-20(16-34)19-4-3-9-33(14-19)10-11-35/h5-8,12-13,17,19-20,31,35H,3-4,9-11,14-16H2,1-2H3/t17-,19+/m1/s1. The number of nitrogens with one attached hydrogen (secondary N) is 1. The molecule has 0 radical (unpaired) electrons. The highest BCUT2D eigenvalue weighted by molar-refractivity contribution is 6.35. The fourth-order valence-electron chi connectivity index (χ4n) is 5.82. The molecule has 0 saturated carbocycles. The maximum Gasteiger partial charge on any atom is 0.109 e. The molecule has 5 nitrogen and oxygen atoms in total. The zero-order valence-electron chi connectivity index (χ0n) is 20.3. The van der Waals surface area contributed by atoms with Gasteiger partial charge in [0.05, 0.1) is 28.9 Å². The Morgan fingerprint density at radius 1 is 1.03 bits per heavy atom. The zero-order chi connectivity index (χ0) is 24.7. The molecule has 2 aliphatic heterocycles. The highest BCUT2D eigenvalue weighted by atomic mass is 35.5. The molecule has 2 aromatic carbocycles. The van der Waals surface area contributed by atoms with E-state index < -0.39 is 0 Å². The van der Waals surface area contributed by atoms with Gasteiger partial charge in [-0.05, 0) is 68.0 Å². The van der Waals surface area contributed by atoms with Crippen LogP contribution < -0.4 is 10.2 Å². The first-order valence-electron chi connectivity index (χ1n) is 12.4. The zero-order valence-corrected chi connectivity index (χ0v) is 22.5. The van der Waals surface area contributed by atoms with Crippen LogP contribution in [0.2, 0.25) is 15.1 Å². The number of piperidine rings is 1. The molecule has 0 bridgehead atoms. The maximum absolute atomic E-state index is 9.31. The van der Waals surface area contributed by atoms with Gasteiger partial charge in [-0.2, -0.15) is 0 Å². The van der Waals surface area contributed by atoms with Crippen molar-refractivity contribution in [3.8, 4) is 0 Å². The molecule has 188 valence electrons. The second kappa shape index (κ2) is 10.4. The average Bonchev–Trinajstić information content (AvgIpc) is 3.11. The minimum absolute atomic E-state index is 0.0391. The van der Waals surface area contributed by atoms with Crippen molar-refractivity contribution in [2.75, 3.05) is 49.5 Å². The second-order valence-electron chi connectivity index (χ2n) is 10.0. The summed E-state index contributed by atoms with van der Waals surface area (Å²) in [5, 5.41) is 16.0. The van der Waals surface area contributed by atoms with Gasteiger partial charge in [-0.3, -0.25) is 0 Å². The lowest BCUT2D eigenvalue weighted by molar-refractivity contribution is 0.101. The molecular formula is C27H33Cl3N4O. The van der Waals surface area contributed by atoms with E-state index in [0.29, 0.717) is 21.0 Å². The van der Waals surface area contributed by atoms with Gasteiger partial charge in [0.2, 0.25) is 0 Å². The number of aromatic nitrogens is 1. The van der Waals surface area contributed by atoms with E-state index in [4.69, 9.17) is 34.8 Å². The highest BCUT2D eigenvalue weighted by Gasteiger charge is 2.37. The number of aryl methyl sites for hydroxylation is 1. The van der Waals surface area contributed by atoms with E-state index in [2.05, 4.69) is 45.8 Å². The number of hydrogen-bond acceptors (Lipinski definition) is 4. The van der Waals surface area contributed by atoms with Crippen molar-refractivity contribution < 1.29 is 5.11 Å². The van der Waals surface area contributed by atoms with Gasteiger partial charge in [-0.25, -0.2) is 0 Å². The van der Waals surface area contributed by atoms with Crippen molar-refractivity contribution in [1.29, 1.82) is 0 Å². The summed E-state index contributed by atoms with van der Waals surface area (Å²) in [7, 11) is 2.12. The summed E-state index contributed by atoms with van der Waals surface area (Å²) in [6, 6.07) is 11.9. The molecule has 0 aliphatic carbocycles. The SMILES string of the molecule is C[C@@H](Nc1c(Cl)ccc2cc(N3CC([C@H]4CCCN(CCO)C4)C3)n(C)c12)c1ccc(Cl)cc1Cl. The van der Waals surface area contributed by atoms with Crippen molar-refractivity contribution >= 4 is 57.2 Å². The monoisotopic (exact) mass is 534 g/mol. The Morgan fingerprint density at radius 2 is 1.83 bits per heavy atom. The number of rotatable bonds is 7. The van der Waals surface area contributed by atoms with E-state index in [9.17, 15) is 5.11 Å². The van der Waals surface area contributed by atoms with Crippen molar-refractivity contribution in [3.05, 3.63) is 57.0 Å². The van der Waals surface area contributed by atoms with Crippen LogP contribution >= 0.6 is 34.8 Å². The molecule has 0 unspecified atom stereocenters. The highest BCUT2D eigenvalue weighted by Crippen LogP contribution is 2.41. The third kappa shape index (κ3) is 4.99. The van der Waals surface area contributed by atoms with Gasteiger partial charge >= 0.3 is 0 Å². The lowest BCUT2D eigenvalue weighted by Gasteiger charge is -2.47. The third-order valence-electron chi connectivity index (χ3n) is 7.77. The van der Waals surface area contributed by atoms with Gasteiger partial charge < -0.3 is 24.8 Å². The van der Waals surface area contributed by atoms with E-state index in [1.807, 2.05) is 18.2 Å². The number of anilines is 2. The maximum atomic E-state index is 9.31. The van der Waals surface area contributed by atoms with Crippen LogP contribution in [0.3, 0.4) is 0 Å². The van der Waals surface area contributed by atoms with E-state index in [-0.39, 0.29) is 12.6 Å². The molecule has 1 aromatic heterocycles. The van der Waals surface area contributed by atoms with Crippen molar-refractivity contribution in [1.82, 2.24) is 9.47 Å². The molecule has 35 heavy (non-hydrogen) atoms. The number of benzene rings is 2. The van der Waals surface area contributed by atoms with Gasteiger partial charge in [0.1, 0.15) is 5.82 Å². The number of halogens is 3. The molecule has 2 aliphatic rings. The van der Waals surface area contributed by atoms with Crippen LogP contribution in [-0.4, -0.2) is 53.9 Å². The Labute approximate surface area is 222 Å². The van der Waals surface area contributed by atoms with Gasteiger partial charge in [-0.15, -0.1) is 0 Å². The summed E-state index contributed by atoms with van der Waals surface area (Å²) in [6.07, 6.45) is 2.53. The van der Waals surface area contributed by atoms with E-state index in [0.717, 1.165) is 55.4 Å². The van der Waals surface area contributed by atoms with Gasteiger partial charge in [0.25, 0.3) is 0 Å². The molecule has 3 heterocycles. The number of hydrogen-bond donors (Lipinski definition) is 2. The summed E-state index contributed by atoms with van der Waals surface area (Å²) in [5.41, 5.74) is 2.99. The third-order valence-corrected chi connectivity index (χ3v) is 8.65. The Kier molecular flexibility index (Phi) is 7.43. The number of aliphatic hydroxyl groups excluding tert-OH is 1. The number of nitrogens with zero attached hydrogens (tertiary/aromatic N) is 3. The van der Waals surface area contributed by atoms with Crippen LogP contribution in [0, 0.1) is 11.8 Å². The molecule has 2 fully saturated rings. The molecule has 2 saturated heterocycles. The largest absolute Gasteiger partial charge is 0.395 e. The molecule has 8 heteroatoms. The summed E-state index contributed by atoms with van der Waals surface area (Å²) in [4.78, 5) is 4.90. The first kappa shape index (κ1) is 25.0. The molecule has 3 aromatic rings. The quantitative estimate of drug-likeness (QED) is 0.365. The number of β-amino-alcohol motifs (C(OH)–C–C–N with tert-alkyl or cyclic N) is 1. The van der Waals surface area contributed by atoms with E-state index >= 15 is 0 Å². The predicted octanol–water partition coefficient (Wildman–Crippen LogP) is 6.45.